The second-order valence-electron chi connectivity index (χ2n) is 4.15. The van der Waals surface area contributed by atoms with Gasteiger partial charge in [-0.3, -0.25) is 0 Å². The standard InChI is InChI=1S/C13H17N3O/c1-8-9(2)17-10(3)12(8)13(14-4)11-5-15-7-16-6-11/h5-7,13-14H,1-4H3. The van der Waals surface area contributed by atoms with E-state index in [4.69, 9.17) is 4.42 Å². The Kier molecular flexibility index (Phi) is 3.24. The van der Waals surface area contributed by atoms with Gasteiger partial charge in [-0.05, 0) is 33.4 Å². The van der Waals surface area contributed by atoms with Gasteiger partial charge in [-0.25, -0.2) is 9.97 Å². The zero-order chi connectivity index (χ0) is 12.4. The fraction of sp³-hybridized carbons (Fsp3) is 0.385. The van der Waals surface area contributed by atoms with Crippen LogP contribution in [0.2, 0.25) is 0 Å². The number of hydrogen-bond acceptors (Lipinski definition) is 4. The zero-order valence-electron chi connectivity index (χ0n) is 10.6. The highest BCUT2D eigenvalue weighted by Gasteiger charge is 2.21. The Morgan fingerprint density at radius 1 is 1.12 bits per heavy atom. The Labute approximate surface area is 101 Å². The topological polar surface area (TPSA) is 51.0 Å². The summed E-state index contributed by atoms with van der Waals surface area (Å²) < 4.78 is 5.67. The van der Waals surface area contributed by atoms with Crippen molar-refractivity contribution in [2.45, 2.75) is 26.8 Å². The Hall–Kier alpha value is -1.68. The molecule has 1 atom stereocenters. The van der Waals surface area contributed by atoms with Crippen molar-refractivity contribution < 1.29 is 4.42 Å². The van der Waals surface area contributed by atoms with E-state index in [-0.39, 0.29) is 6.04 Å². The minimum absolute atomic E-state index is 0.0775. The summed E-state index contributed by atoms with van der Waals surface area (Å²) in [5.41, 5.74) is 3.41. The SMILES string of the molecule is CNC(c1cncnc1)c1c(C)oc(C)c1C. The normalized spacial score (nSPS) is 12.7. The third-order valence-corrected chi connectivity index (χ3v) is 3.11. The largest absolute Gasteiger partial charge is 0.466 e. The molecule has 0 radical (unpaired) electrons. The fourth-order valence-corrected chi connectivity index (χ4v) is 2.17. The smallest absolute Gasteiger partial charge is 0.115 e. The molecule has 2 heterocycles. The number of rotatable bonds is 3. The zero-order valence-corrected chi connectivity index (χ0v) is 10.6. The van der Waals surface area contributed by atoms with Crippen LogP contribution in [0, 0.1) is 20.8 Å². The van der Waals surface area contributed by atoms with Gasteiger partial charge in [-0.2, -0.15) is 0 Å². The molecule has 4 nitrogen and oxygen atoms in total. The summed E-state index contributed by atoms with van der Waals surface area (Å²) in [6, 6.07) is 0.0775. The highest BCUT2D eigenvalue weighted by molar-refractivity contribution is 5.39. The molecule has 17 heavy (non-hydrogen) atoms. The van der Waals surface area contributed by atoms with E-state index < -0.39 is 0 Å². The molecule has 0 bridgehead atoms. The molecule has 1 N–H and O–H groups in total. The van der Waals surface area contributed by atoms with Gasteiger partial charge in [0.1, 0.15) is 17.8 Å². The lowest BCUT2D eigenvalue weighted by Crippen LogP contribution is -2.19. The lowest BCUT2D eigenvalue weighted by atomic mass is 9.97. The van der Waals surface area contributed by atoms with Crippen LogP contribution in [0.1, 0.15) is 34.3 Å². The first kappa shape index (κ1) is 11.8. The van der Waals surface area contributed by atoms with E-state index in [1.165, 1.54) is 17.5 Å². The van der Waals surface area contributed by atoms with Gasteiger partial charge >= 0.3 is 0 Å². The molecule has 0 aliphatic rings. The summed E-state index contributed by atoms with van der Waals surface area (Å²) in [5.74, 6) is 1.91. The van der Waals surface area contributed by atoms with E-state index in [1.807, 2.05) is 33.3 Å². The van der Waals surface area contributed by atoms with Crippen molar-refractivity contribution in [3.63, 3.8) is 0 Å². The Bertz CT molecular complexity index is 505. The molecule has 1 unspecified atom stereocenters. The average molecular weight is 231 g/mol. The minimum atomic E-state index is 0.0775. The summed E-state index contributed by atoms with van der Waals surface area (Å²) in [6.45, 7) is 6.05. The lowest BCUT2D eigenvalue weighted by Gasteiger charge is -2.16. The van der Waals surface area contributed by atoms with E-state index >= 15 is 0 Å². The monoisotopic (exact) mass is 231 g/mol. The van der Waals surface area contributed by atoms with Gasteiger partial charge in [0, 0.05) is 23.5 Å². The highest BCUT2D eigenvalue weighted by atomic mass is 16.3. The van der Waals surface area contributed by atoms with Crippen molar-refractivity contribution in [3.8, 4) is 0 Å². The first-order chi connectivity index (χ1) is 8.15. The molecular formula is C13H17N3O. The van der Waals surface area contributed by atoms with Gasteiger partial charge < -0.3 is 9.73 Å². The quantitative estimate of drug-likeness (QED) is 0.880. The van der Waals surface area contributed by atoms with Crippen LogP contribution in [0.4, 0.5) is 0 Å². The van der Waals surface area contributed by atoms with Crippen molar-refractivity contribution in [1.29, 1.82) is 0 Å². The van der Waals surface area contributed by atoms with Crippen molar-refractivity contribution in [2.75, 3.05) is 7.05 Å². The summed E-state index contributed by atoms with van der Waals surface area (Å²) in [5, 5.41) is 3.29. The number of hydrogen-bond donors (Lipinski definition) is 1. The molecule has 0 fully saturated rings. The predicted octanol–water partition coefficient (Wildman–Crippen LogP) is 2.30. The van der Waals surface area contributed by atoms with Crippen molar-refractivity contribution >= 4 is 0 Å². The first-order valence-electron chi connectivity index (χ1n) is 5.63. The van der Waals surface area contributed by atoms with E-state index in [1.54, 1.807) is 0 Å². The molecule has 4 heteroatoms. The Balaban J connectivity index is 2.50. The number of aryl methyl sites for hydroxylation is 2. The van der Waals surface area contributed by atoms with Crippen molar-refractivity contribution in [2.24, 2.45) is 0 Å². The summed E-state index contributed by atoms with van der Waals surface area (Å²) in [7, 11) is 1.93. The van der Waals surface area contributed by atoms with E-state index in [9.17, 15) is 0 Å². The van der Waals surface area contributed by atoms with E-state index in [0.29, 0.717) is 0 Å². The maximum atomic E-state index is 5.67. The molecule has 2 aromatic rings. The average Bonchev–Trinajstić information content (AvgIpc) is 2.58. The number of furan rings is 1. The van der Waals surface area contributed by atoms with Gasteiger partial charge in [0.05, 0.1) is 6.04 Å². The molecular weight excluding hydrogens is 214 g/mol. The van der Waals surface area contributed by atoms with Crippen LogP contribution >= 0.6 is 0 Å². The molecule has 2 aromatic heterocycles. The van der Waals surface area contributed by atoms with Crippen LogP contribution in [0.5, 0.6) is 0 Å². The van der Waals surface area contributed by atoms with Crippen molar-refractivity contribution in [3.05, 3.63) is 46.9 Å². The summed E-state index contributed by atoms with van der Waals surface area (Å²) in [4.78, 5) is 8.13. The van der Waals surface area contributed by atoms with Crippen LogP contribution in [0.3, 0.4) is 0 Å². The molecule has 0 saturated carbocycles. The molecule has 0 saturated heterocycles. The van der Waals surface area contributed by atoms with Gasteiger partial charge in [-0.1, -0.05) is 0 Å². The van der Waals surface area contributed by atoms with Crippen LogP contribution in [0.15, 0.2) is 23.1 Å². The van der Waals surface area contributed by atoms with Crippen LogP contribution in [-0.2, 0) is 0 Å². The van der Waals surface area contributed by atoms with Gasteiger partial charge in [0.15, 0.2) is 0 Å². The number of nitrogens with zero attached hydrogens (tertiary/aromatic N) is 2. The second-order valence-corrected chi connectivity index (χ2v) is 4.15. The summed E-state index contributed by atoms with van der Waals surface area (Å²) >= 11 is 0. The number of nitrogens with one attached hydrogen (secondary N) is 1. The molecule has 0 aliphatic heterocycles. The van der Waals surface area contributed by atoms with E-state index in [0.717, 1.165) is 17.1 Å². The van der Waals surface area contributed by atoms with Crippen LogP contribution in [0.25, 0.3) is 0 Å². The highest BCUT2D eigenvalue weighted by Crippen LogP contribution is 2.30. The third kappa shape index (κ3) is 2.08. The molecule has 0 aliphatic carbocycles. The second kappa shape index (κ2) is 4.67. The maximum Gasteiger partial charge on any atom is 0.115 e. The van der Waals surface area contributed by atoms with Gasteiger partial charge in [-0.15, -0.1) is 0 Å². The molecule has 0 spiro atoms. The molecule has 0 aromatic carbocycles. The van der Waals surface area contributed by atoms with Crippen LogP contribution < -0.4 is 5.32 Å². The Morgan fingerprint density at radius 3 is 2.24 bits per heavy atom. The van der Waals surface area contributed by atoms with Gasteiger partial charge in [0.25, 0.3) is 0 Å². The molecule has 2 rings (SSSR count). The van der Waals surface area contributed by atoms with Crippen LogP contribution in [-0.4, -0.2) is 17.0 Å². The third-order valence-electron chi connectivity index (χ3n) is 3.11. The first-order valence-corrected chi connectivity index (χ1v) is 5.63. The number of aromatic nitrogens is 2. The maximum absolute atomic E-state index is 5.67. The Morgan fingerprint density at radius 2 is 1.76 bits per heavy atom. The fourth-order valence-electron chi connectivity index (χ4n) is 2.17. The molecule has 0 amide bonds. The molecule has 90 valence electrons. The van der Waals surface area contributed by atoms with Gasteiger partial charge in [0.2, 0.25) is 0 Å². The predicted molar refractivity (Wildman–Crippen MR) is 65.9 cm³/mol. The van der Waals surface area contributed by atoms with E-state index in [2.05, 4.69) is 22.2 Å². The lowest BCUT2D eigenvalue weighted by molar-refractivity contribution is 0.495. The van der Waals surface area contributed by atoms with Crippen molar-refractivity contribution in [1.82, 2.24) is 15.3 Å². The summed E-state index contributed by atoms with van der Waals surface area (Å²) in [6.07, 6.45) is 5.20. The minimum Gasteiger partial charge on any atom is -0.466 e.